The van der Waals surface area contributed by atoms with Crippen LogP contribution in [0.4, 0.5) is 23.2 Å². The minimum Gasteiger partial charge on any atom is -0.444 e. The van der Waals surface area contributed by atoms with Crippen LogP contribution >= 0.6 is 11.6 Å². The SMILES string of the molecule is C[C@H]1COCCN1c1cc(-c2n[nH]c(C(F)(F)F)n2)nnc1CN1CCC(c2cccc3c2O[C@](C)(c2ccc(Cl)cc2F)O3)CC1. The third-order valence-electron chi connectivity index (χ3n) is 8.94. The van der Waals surface area contributed by atoms with Crippen LogP contribution in [0.1, 0.15) is 55.3 Å². The molecule has 10 nitrogen and oxygen atoms in total. The number of nitrogens with zero attached hydrogens (tertiary/aromatic N) is 6. The van der Waals surface area contributed by atoms with Gasteiger partial charge in [0.1, 0.15) is 17.2 Å². The number of para-hydroxylation sites is 1. The van der Waals surface area contributed by atoms with Crippen LogP contribution in [-0.2, 0) is 23.2 Å². The van der Waals surface area contributed by atoms with Crippen LogP contribution in [0.2, 0.25) is 5.02 Å². The Morgan fingerprint density at radius 2 is 1.87 bits per heavy atom. The predicted octanol–water partition coefficient (Wildman–Crippen LogP) is 6.32. The summed E-state index contributed by atoms with van der Waals surface area (Å²) in [5, 5.41) is 14.7. The minimum absolute atomic E-state index is 0.0255. The third kappa shape index (κ3) is 6.21. The zero-order chi connectivity index (χ0) is 32.9. The number of ether oxygens (including phenoxy) is 3. The van der Waals surface area contributed by atoms with E-state index in [1.54, 1.807) is 25.1 Å². The maximum absolute atomic E-state index is 14.9. The van der Waals surface area contributed by atoms with Crippen molar-refractivity contribution in [1.29, 1.82) is 0 Å². The first kappa shape index (κ1) is 31.6. The van der Waals surface area contributed by atoms with Crippen LogP contribution in [0, 0.1) is 5.82 Å². The van der Waals surface area contributed by atoms with Crippen molar-refractivity contribution in [3.63, 3.8) is 0 Å². The van der Waals surface area contributed by atoms with E-state index in [9.17, 15) is 17.6 Å². The number of piperidine rings is 1. The summed E-state index contributed by atoms with van der Waals surface area (Å²) in [5.74, 6) is -1.82. The molecule has 2 aromatic carbocycles. The van der Waals surface area contributed by atoms with E-state index < -0.39 is 23.6 Å². The summed E-state index contributed by atoms with van der Waals surface area (Å²) in [6.45, 7) is 7.37. The summed E-state index contributed by atoms with van der Waals surface area (Å²) in [6.07, 6.45) is -2.99. The highest BCUT2D eigenvalue weighted by Gasteiger charge is 2.43. The van der Waals surface area contributed by atoms with Gasteiger partial charge >= 0.3 is 6.18 Å². The van der Waals surface area contributed by atoms with Crippen molar-refractivity contribution in [3.8, 4) is 23.0 Å². The maximum atomic E-state index is 14.9. The molecular formula is C32H32ClF4N7O3. The molecule has 248 valence electrons. The fourth-order valence-electron chi connectivity index (χ4n) is 6.52. The van der Waals surface area contributed by atoms with Crippen LogP contribution < -0.4 is 14.4 Å². The van der Waals surface area contributed by atoms with Gasteiger partial charge in [-0.15, -0.1) is 5.10 Å². The Balaban J connectivity index is 1.08. The molecular weight excluding hydrogens is 642 g/mol. The number of nitrogens with one attached hydrogen (secondary N) is 1. The normalized spacial score (nSPS) is 22.2. The van der Waals surface area contributed by atoms with Gasteiger partial charge in [0.2, 0.25) is 11.6 Å². The number of fused-ring (bicyclic) bond motifs is 1. The largest absolute Gasteiger partial charge is 0.451 e. The Kier molecular flexibility index (Phi) is 8.21. The number of morpholine rings is 1. The van der Waals surface area contributed by atoms with Crippen molar-refractivity contribution < 1.29 is 31.8 Å². The van der Waals surface area contributed by atoms with Crippen LogP contribution in [-0.4, -0.2) is 69.2 Å². The van der Waals surface area contributed by atoms with E-state index in [1.807, 2.05) is 30.2 Å². The molecule has 0 spiro atoms. The first-order valence-electron chi connectivity index (χ1n) is 15.4. The summed E-state index contributed by atoms with van der Waals surface area (Å²) < 4.78 is 72.5. The molecule has 7 rings (SSSR count). The van der Waals surface area contributed by atoms with Crippen molar-refractivity contribution in [3.05, 3.63) is 75.9 Å². The molecule has 4 aromatic rings. The van der Waals surface area contributed by atoms with Gasteiger partial charge in [0.25, 0.3) is 5.79 Å². The Hall–Kier alpha value is -4.01. The number of likely N-dealkylation sites (tertiary alicyclic amines) is 1. The molecule has 3 aliphatic rings. The van der Waals surface area contributed by atoms with E-state index in [-0.39, 0.29) is 29.0 Å². The summed E-state index contributed by atoms with van der Waals surface area (Å²) in [4.78, 5) is 8.04. The molecule has 2 saturated heterocycles. The van der Waals surface area contributed by atoms with Gasteiger partial charge in [-0.3, -0.25) is 10.00 Å². The molecule has 2 aromatic heterocycles. The van der Waals surface area contributed by atoms with Gasteiger partial charge < -0.3 is 19.1 Å². The lowest BCUT2D eigenvalue weighted by Gasteiger charge is -2.37. The molecule has 2 atom stereocenters. The Labute approximate surface area is 273 Å². The highest BCUT2D eigenvalue weighted by molar-refractivity contribution is 6.30. The number of alkyl halides is 3. The lowest BCUT2D eigenvalue weighted by Crippen LogP contribution is -2.44. The summed E-state index contributed by atoms with van der Waals surface area (Å²) >= 11 is 5.97. The number of benzene rings is 2. The van der Waals surface area contributed by atoms with Gasteiger partial charge in [-0.1, -0.05) is 23.7 Å². The number of rotatable bonds is 6. The van der Waals surface area contributed by atoms with E-state index in [0.29, 0.717) is 48.5 Å². The number of hydrogen-bond acceptors (Lipinski definition) is 9. The average Bonchev–Trinajstić information content (AvgIpc) is 3.67. The second kappa shape index (κ2) is 12.2. The molecule has 5 heterocycles. The van der Waals surface area contributed by atoms with Gasteiger partial charge in [0.15, 0.2) is 11.5 Å². The van der Waals surface area contributed by atoms with Crippen molar-refractivity contribution >= 4 is 17.3 Å². The second-order valence-corrected chi connectivity index (χ2v) is 12.6. The molecule has 15 heteroatoms. The van der Waals surface area contributed by atoms with E-state index in [0.717, 1.165) is 37.2 Å². The molecule has 3 aliphatic heterocycles. The lowest BCUT2D eigenvalue weighted by atomic mass is 9.88. The topological polar surface area (TPSA) is 102 Å². The maximum Gasteiger partial charge on any atom is 0.451 e. The van der Waals surface area contributed by atoms with Crippen molar-refractivity contribution in [1.82, 2.24) is 30.3 Å². The first-order valence-corrected chi connectivity index (χ1v) is 15.8. The van der Waals surface area contributed by atoms with E-state index in [1.165, 1.54) is 6.07 Å². The Morgan fingerprint density at radius 1 is 1.06 bits per heavy atom. The Morgan fingerprint density at radius 3 is 2.60 bits per heavy atom. The van der Waals surface area contributed by atoms with Gasteiger partial charge in [-0.05, 0) is 69.1 Å². The molecule has 0 amide bonds. The smallest absolute Gasteiger partial charge is 0.444 e. The quantitative estimate of drug-likeness (QED) is 0.236. The van der Waals surface area contributed by atoms with Crippen molar-refractivity contribution in [2.45, 2.75) is 57.2 Å². The number of aromatic amines is 1. The lowest BCUT2D eigenvalue weighted by molar-refractivity contribution is -0.144. The number of hydrogen-bond donors (Lipinski definition) is 1. The van der Waals surface area contributed by atoms with Crippen LogP contribution in [0.15, 0.2) is 42.5 Å². The molecule has 0 radical (unpaired) electrons. The number of halogens is 5. The highest BCUT2D eigenvalue weighted by atomic mass is 35.5. The number of H-pyrrole nitrogens is 1. The molecule has 0 unspecified atom stereocenters. The van der Waals surface area contributed by atoms with Crippen molar-refractivity contribution in [2.75, 3.05) is 37.7 Å². The fraction of sp³-hybridized carbons (Fsp3) is 0.438. The first-order chi connectivity index (χ1) is 22.5. The van der Waals surface area contributed by atoms with Crippen LogP contribution in [0.25, 0.3) is 11.5 Å². The van der Waals surface area contributed by atoms with Gasteiger partial charge in [-0.25, -0.2) is 9.37 Å². The van der Waals surface area contributed by atoms with Gasteiger partial charge in [0.05, 0.1) is 24.5 Å². The third-order valence-corrected chi connectivity index (χ3v) is 9.17. The molecule has 2 fully saturated rings. The Bertz CT molecular complexity index is 1780. The minimum atomic E-state index is -4.65. The second-order valence-electron chi connectivity index (χ2n) is 12.2. The number of anilines is 1. The average molecular weight is 674 g/mol. The fourth-order valence-corrected chi connectivity index (χ4v) is 6.68. The standard InChI is InChI=1S/C32H32ClF4N7O3/c1-18-17-45-13-12-44(18)26-15-24(29-38-30(42-41-29)32(35,36)37)39-40-25(26)16-43-10-8-19(9-11-43)21-4-3-5-27-28(21)47-31(2,46-27)22-7-6-20(33)14-23(22)34/h3-7,14-15,18-19H,8-13,16-17H2,1-2H3,(H,38,41,42)/t18-,31+/m0/s1. The summed E-state index contributed by atoms with van der Waals surface area (Å²) in [5.41, 5.74) is 2.91. The van der Waals surface area contributed by atoms with E-state index >= 15 is 0 Å². The summed E-state index contributed by atoms with van der Waals surface area (Å²) in [6, 6.07) is 11.9. The molecule has 0 aliphatic carbocycles. The molecule has 1 N–H and O–H groups in total. The molecule has 0 bridgehead atoms. The summed E-state index contributed by atoms with van der Waals surface area (Å²) in [7, 11) is 0. The van der Waals surface area contributed by atoms with Gasteiger partial charge in [-0.2, -0.15) is 23.4 Å². The monoisotopic (exact) mass is 673 g/mol. The van der Waals surface area contributed by atoms with E-state index in [4.69, 9.17) is 25.8 Å². The van der Waals surface area contributed by atoms with Crippen LogP contribution in [0.3, 0.4) is 0 Å². The molecule has 0 saturated carbocycles. The van der Waals surface area contributed by atoms with Gasteiger partial charge in [0, 0.05) is 36.6 Å². The predicted molar refractivity (Wildman–Crippen MR) is 164 cm³/mol. The van der Waals surface area contributed by atoms with Crippen LogP contribution in [0.5, 0.6) is 11.5 Å². The van der Waals surface area contributed by atoms with Crippen molar-refractivity contribution in [2.24, 2.45) is 0 Å². The van der Waals surface area contributed by atoms with E-state index in [2.05, 4.69) is 30.1 Å². The molecule has 47 heavy (non-hydrogen) atoms. The highest BCUT2D eigenvalue weighted by Crippen LogP contribution is 2.50. The number of aromatic nitrogens is 5. The zero-order valence-corrected chi connectivity index (χ0v) is 26.4. The zero-order valence-electron chi connectivity index (χ0n) is 25.7.